The van der Waals surface area contributed by atoms with Crippen LogP contribution in [0.2, 0.25) is 0 Å². The summed E-state index contributed by atoms with van der Waals surface area (Å²) in [4.78, 5) is 25.1. The Bertz CT molecular complexity index is 1290. The predicted octanol–water partition coefficient (Wildman–Crippen LogP) is 6.30. The van der Waals surface area contributed by atoms with E-state index >= 15 is 0 Å². The van der Waals surface area contributed by atoms with Gasteiger partial charge < -0.3 is 13.9 Å². The summed E-state index contributed by atoms with van der Waals surface area (Å²) in [5.41, 5.74) is 4.90. The van der Waals surface area contributed by atoms with Gasteiger partial charge in [0.2, 0.25) is 0 Å². The Morgan fingerprint density at radius 3 is 2.48 bits per heavy atom. The van der Waals surface area contributed by atoms with Gasteiger partial charge in [-0.15, -0.1) is 0 Å². The number of ether oxygens (including phenoxy) is 2. The number of carbonyl (C=O) groups is 2. The van der Waals surface area contributed by atoms with Gasteiger partial charge in [-0.25, -0.2) is 4.79 Å². The van der Waals surface area contributed by atoms with Gasteiger partial charge in [0.1, 0.15) is 12.4 Å². The maximum atomic E-state index is 13.0. The van der Waals surface area contributed by atoms with Gasteiger partial charge in [-0.1, -0.05) is 56.3 Å². The summed E-state index contributed by atoms with van der Waals surface area (Å²) in [7, 11) is 0. The number of nitrogens with zero attached hydrogens (tertiary/aromatic N) is 1. The summed E-state index contributed by atoms with van der Waals surface area (Å²) >= 11 is 0. The summed E-state index contributed by atoms with van der Waals surface area (Å²) in [6.45, 7) is 6.67. The first-order chi connectivity index (χ1) is 16.0. The van der Waals surface area contributed by atoms with Gasteiger partial charge >= 0.3 is 5.97 Å². The highest BCUT2D eigenvalue weighted by atomic mass is 16.5. The highest BCUT2D eigenvalue weighted by Crippen LogP contribution is 2.37. The fourth-order valence-corrected chi connectivity index (χ4v) is 4.07. The van der Waals surface area contributed by atoms with E-state index in [1.807, 2.05) is 66.7 Å². The third-order valence-corrected chi connectivity index (χ3v) is 5.63. The van der Waals surface area contributed by atoms with Crippen molar-refractivity contribution in [2.75, 3.05) is 6.61 Å². The van der Waals surface area contributed by atoms with Crippen molar-refractivity contribution in [3.63, 3.8) is 0 Å². The molecule has 0 aliphatic heterocycles. The quantitative estimate of drug-likeness (QED) is 0.238. The van der Waals surface area contributed by atoms with Gasteiger partial charge in [-0.05, 0) is 53.8 Å². The van der Waals surface area contributed by atoms with Crippen molar-refractivity contribution in [1.82, 2.24) is 4.40 Å². The van der Waals surface area contributed by atoms with Crippen LogP contribution in [0.5, 0.6) is 5.75 Å². The lowest BCUT2D eigenvalue weighted by Crippen LogP contribution is -2.06. The summed E-state index contributed by atoms with van der Waals surface area (Å²) < 4.78 is 13.2. The lowest BCUT2D eigenvalue weighted by molar-refractivity contribution is 0.0529. The lowest BCUT2D eigenvalue weighted by Gasteiger charge is -2.16. The van der Waals surface area contributed by atoms with Crippen molar-refractivity contribution in [3.05, 3.63) is 95.3 Å². The average Bonchev–Trinajstić information content (AvgIpc) is 3.18. The zero-order valence-corrected chi connectivity index (χ0v) is 19.1. The highest BCUT2D eigenvalue weighted by Gasteiger charge is 2.26. The Balaban J connectivity index is 1.84. The third-order valence-electron chi connectivity index (χ3n) is 5.63. The number of pyridine rings is 1. The van der Waals surface area contributed by atoms with Crippen LogP contribution in [0.4, 0.5) is 0 Å². The summed E-state index contributed by atoms with van der Waals surface area (Å²) in [5.74, 6) is 0.519. The number of fused-ring (bicyclic) bond motifs is 1. The van der Waals surface area contributed by atoms with E-state index in [1.165, 1.54) is 0 Å². The smallest absolute Gasteiger partial charge is 0.340 e. The minimum Gasteiger partial charge on any atom is -0.489 e. The van der Waals surface area contributed by atoms with Gasteiger partial charge in [-0.2, -0.15) is 0 Å². The minimum atomic E-state index is -0.445. The number of benzene rings is 2. The number of esters is 1. The maximum Gasteiger partial charge on any atom is 0.340 e. The number of carbonyl (C=O) groups excluding carboxylic acids is 2. The zero-order valence-electron chi connectivity index (χ0n) is 19.1. The molecule has 5 nitrogen and oxygen atoms in total. The molecule has 0 radical (unpaired) electrons. The van der Waals surface area contributed by atoms with Crippen LogP contribution in [0.3, 0.4) is 0 Å². The molecule has 0 amide bonds. The number of hydrogen-bond acceptors (Lipinski definition) is 4. The largest absolute Gasteiger partial charge is 0.489 e. The van der Waals surface area contributed by atoms with Gasteiger partial charge in [0.05, 0.1) is 23.4 Å². The summed E-state index contributed by atoms with van der Waals surface area (Å²) in [6, 6.07) is 21.3. The Kier molecular flexibility index (Phi) is 6.59. The van der Waals surface area contributed by atoms with Crippen molar-refractivity contribution in [1.29, 1.82) is 0 Å². The Morgan fingerprint density at radius 1 is 1.03 bits per heavy atom. The van der Waals surface area contributed by atoms with Crippen molar-refractivity contribution in [2.45, 2.75) is 33.3 Å². The molecule has 0 bridgehead atoms. The van der Waals surface area contributed by atoms with E-state index in [0.29, 0.717) is 28.9 Å². The second-order valence-electron chi connectivity index (χ2n) is 8.11. The van der Waals surface area contributed by atoms with E-state index in [0.717, 1.165) is 28.7 Å². The molecule has 2 aromatic carbocycles. The number of aldehydes is 1. The van der Waals surface area contributed by atoms with Crippen LogP contribution in [0.15, 0.2) is 72.9 Å². The normalized spacial score (nSPS) is 11.0. The van der Waals surface area contributed by atoms with E-state index in [-0.39, 0.29) is 12.5 Å². The molecule has 4 rings (SSSR count). The molecule has 2 aromatic heterocycles. The standard InChI is InChI=1S/C28H27NO4/c1-4-32-28(31)27-23-12-8-9-15-29(23)24(17-30)26(27)21-13-14-25(22(16-21)19(2)3)33-18-20-10-6-5-7-11-20/h5-17,19H,4,18H2,1-3H3. The first-order valence-corrected chi connectivity index (χ1v) is 11.1. The van der Waals surface area contributed by atoms with Gasteiger partial charge in [0.15, 0.2) is 6.29 Å². The van der Waals surface area contributed by atoms with E-state index in [4.69, 9.17) is 9.47 Å². The Morgan fingerprint density at radius 2 is 1.79 bits per heavy atom. The summed E-state index contributed by atoms with van der Waals surface area (Å²) in [6.07, 6.45) is 2.58. The monoisotopic (exact) mass is 441 g/mol. The molecule has 0 spiro atoms. The van der Waals surface area contributed by atoms with Crippen LogP contribution in [0, 0.1) is 0 Å². The highest BCUT2D eigenvalue weighted by molar-refractivity contribution is 6.09. The van der Waals surface area contributed by atoms with Crippen LogP contribution in [-0.2, 0) is 11.3 Å². The zero-order chi connectivity index (χ0) is 23.4. The van der Waals surface area contributed by atoms with Gasteiger partial charge in [-0.3, -0.25) is 4.79 Å². The molecule has 0 saturated carbocycles. The van der Waals surface area contributed by atoms with Gasteiger partial charge in [0.25, 0.3) is 0 Å². The fraction of sp³-hybridized carbons (Fsp3) is 0.214. The number of rotatable bonds is 8. The van der Waals surface area contributed by atoms with Crippen molar-refractivity contribution in [2.24, 2.45) is 0 Å². The molecular weight excluding hydrogens is 414 g/mol. The van der Waals surface area contributed by atoms with Crippen LogP contribution in [0.1, 0.15) is 58.7 Å². The molecule has 0 unspecified atom stereocenters. The second kappa shape index (κ2) is 9.74. The van der Waals surface area contributed by atoms with Gasteiger partial charge in [0, 0.05) is 11.8 Å². The lowest BCUT2D eigenvalue weighted by atomic mass is 9.94. The summed E-state index contributed by atoms with van der Waals surface area (Å²) in [5, 5.41) is 0. The van der Waals surface area contributed by atoms with Crippen molar-refractivity contribution >= 4 is 17.8 Å². The number of hydrogen-bond donors (Lipinski definition) is 0. The Labute approximate surface area is 193 Å². The topological polar surface area (TPSA) is 57.0 Å². The number of aromatic nitrogens is 1. The van der Waals surface area contributed by atoms with E-state index in [2.05, 4.69) is 13.8 Å². The minimum absolute atomic E-state index is 0.179. The van der Waals surface area contributed by atoms with Crippen LogP contribution < -0.4 is 4.74 Å². The second-order valence-corrected chi connectivity index (χ2v) is 8.11. The molecule has 0 fully saturated rings. The van der Waals surface area contributed by atoms with E-state index < -0.39 is 5.97 Å². The molecule has 168 valence electrons. The van der Waals surface area contributed by atoms with E-state index in [1.54, 1.807) is 17.5 Å². The molecule has 0 aliphatic rings. The van der Waals surface area contributed by atoms with Crippen LogP contribution >= 0.6 is 0 Å². The molecule has 0 N–H and O–H groups in total. The van der Waals surface area contributed by atoms with Crippen molar-refractivity contribution in [3.8, 4) is 16.9 Å². The molecule has 0 atom stereocenters. The molecule has 0 saturated heterocycles. The maximum absolute atomic E-state index is 13.0. The molecule has 4 aromatic rings. The van der Waals surface area contributed by atoms with Crippen LogP contribution in [-0.4, -0.2) is 23.3 Å². The third kappa shape index (κ3) is 4.40. The predicted molar refractivity (Wildman–Crippen MR) is 129 cm³/mol. The van der Waals surface area contributed by atoms with E-state index in [9.17, 15) is 9.59 Å². The molecule has 0 aliphatic carbocycles. The molecular formula is C28H27NO4. The SMILES string of the molecule is CCOC(=O)c1c(-c2ccc(OCc3ccccc3)c(C(C)C)c2)c(C=O)n2ccccc12. The fourth-order valence-electron chi connectivity index (χ4n) is 4.07. The molecule has 2 heterocycles. The molecule has 5 heteroatoms. The molecule has 33 heavy (non-hydrogen) atoms. The first kappa shape index (κ1) is 22.3. The Hall–Kier alpha value is -3.86. The first-order valence-electron chi connectivity index (χ1n) is 11.1. The average molecular weight is 442 g/mol. The van der Waals surface area contributed by atoms with Crippen LogP contribution in [0.25, 0.3) is 16.6 Å². The van der Waals surface area contributed by atoms with Crippen molar-refractivity contribution < 1.29 is 19.1 Å².